The average molecular weight is 304 g/mol. The summed E-state index contributed by atoms with van der Waals surface area (Å²) in [5.74, 6) is 5.68. The fraction of sp³-hybridized carbons (Fsp3) is 0.133. The molecular weight excluding hydrogens is 290 g/mol. The van der Waals surface area contributed by atoms with E-state index in [0.717, 1.165) is 22.5 Å². The van der Waals surface area contributed by atoms with Crippen LogP contribution >= 0.6 is 22.9 Å². The van der Waals surface area contributed by atoms with E-state index in [2.05, 4.69) is 16.5 Å². The molecule has 1 atom stereocenters. The average Bonchev–Trinajstić information content (AvgIpc) is 2.87. The maximum atomic E-state index is 6.03. The molecule has 0 aliphatic carbocycles. The second kappa shape index (κ2) is 5.89. The van der Waals surface area contributed by atoms with Gasteiger partial charge in [0.2, 0.25) is 0 Å². The molecule has 3 rings (SSSR count). The Morgan fingerprint density at radius 2 is 2.05 bits per heavy atom. The van der Waals surface area contributed by atoms with Crippen molar-refractivity contribution >= 4 is 33.2 Å². The van der Waals surface area contributed by atoms with Crippen molar-refractivity contribution in [1.82, 2.24) is 10.4 Å². The molecule has 0 aliphatic heterocycles. The number of thiazole rings is 1. The summed E-state index contributed by atoms with van der Waals surface area (Å²) in [6.45, 7) is 0. The van der Waals surface area contributed by atoms with E-state index in [-0.39, 0.29) is 6.04 Å². The number of benzene rings is 2. The van der Waals surface area contributed by atoms with Gasteiger partial charge >= 0.3 is 0 Å². The molecule has 3 N–H and O–H groups in total. The molecule has 0 spiro atoms. The number of hydrazine groups is 1. The van der Waals surface area contributed by atoms with Gasteiger partial charge in [0.15, 0.2) is 0 Å². The highest BCUT2D eigenvalue weighted by molar-refractivity contribution is 7.18. The molecule has 0 amide bonds. The van der Waals surface area contributed by atoms with E-state index in [4.69, 9.17) is 17.4 Å². The summed E-state index contributed by atoms with van der Waals surface area (Å²) in [5.41, 5.74) is 4.95. The van der Waals surface area contributed by atoms with Crippen LogP contribution in [0.3, 0.4) is 0 Å². The Labute approximate surface area is 126 Å². The molecule has 0 radical (unpaired) electrons. The number of rotatable bonds is 4. The van der Waals surface area contributed by atoms with Crippen molar-refractivity contribution in [2.75, 3.05) is 0 Å². The van der Waals surface area contributed by atoms with Crippen LogP contribution < -0.4 is 11.3 Å². The summed E-state index contributed by atoms with van der Waals surface area (Å²) in [6.07, 6.45) is 0.746. The monoisotopic (exact) mass is 303 g/mol. The Morgan fingerprint density at radius 3 is 2.80 bits per heavy atom. The van der Waals surface area contributed by atoms with E-state index in [1.54, 1.807) is 11.3 Å². The van der Waals surface area contributed by atoms with Crippen molar-refractivity contribution in [2.24, 2.45) is 5.84 Å². The standard InChI is InChI=1S/C15H14ClN3S/c16-11-5-3-4-10(8-11)13(19-17)9-15-18-12-6-1-2-7-14(12)20-15/h1-8,13,19H,9,17H2. The van der Waals surface area contributed by atoms with Gasteiger partial charge in [-0.05, 0) is 29.8 Å². The molecule has 0 aliphatic rings. The van der Waals surface area contributed by atoms with Gasteiger partial charge in [0, 0.05) is 11.4 Å². The normalized spacial score (nSPS) is 12.7. The summed E-state index contributed by atoms with van der Waals surface area (Å²) in [6, 6.07) is 15.9. The maximum absolute atomic E-state index is 6.03. The summed E-state index contributed by atoms with van der Waals surface area (Å²) < 4.78 is 1.20. The van der Waals surface area contributed by atoms with Crippen LogP contribution in [0.5, 0.6) is 0 Å². The first-order valence-corrected chi connectivity index (χ1v) is 7.52. The minimum Gasteiger partial charge on any atom is -0.271 e. The highest BCUT2D eigenvalue weighted by Gasteiger charge is 2.13. The maximum Gasteiger partial charge on any atom is 0.0958 e. The van der Waals surface area contributed by atoms with Gasteiger partial charge in [-0.2, -0.15) is 0 Å². The highest BCUT2D eigenvalue weighted by atomic mass is 35.5. The van der Waals surface area contributed by atoms with Crippen LogP contribution in [0.2, 0.25) is 5.02 Å². The van der Waals surface area contributed by atoms with E-state index in [0.29, 0.717) is 5.02 Å². The van der Waals surface area contributed by atoms with Crippen molar-refractivity contribution in [3.8, 4) is 0 Å². The van der Waals surface area contributed by atoms with Crippen molar-refractivity contribution in [3.05, 3.63) is 64.1 Å². The molecule has 1 unspecified atom stereocenters. The number of aromatic nitrogens is 1. The smallest absolute Gasteiger partial charge is 0.0958 e. The largest absolute Gasteiger partial charge is 0.271 e. The molecular formula is C15H14ClN3S. The quantitative estimate of drug-likeness (QED) is 0.571. The molecule has 2 aromatic carbocycles. The third-order valence-corrected chi connectivity index (χ3v) is 4.46. The van der Waals surface area contributed by atoms with E-state index in [1.165, 1.54) is 4.70 Å². The van der Waals surface area contributed by atoms with Crippen molar-refractivity contribution in [3.63, 3.8) is 0 Å². The first-order chi connectivity index (χ1) is 9.76. The van der Waals surface area contributed by atoms with Gasteiger partial charge in [0.25, 0.3) is 0 Å². The van der Waals surface area contributed by atoms with Gasteiger partial charge in [-0.3, -0.25) is 11.3 Å². The molecule has 0 fully saturated rings. The van der Waals surface area contributed by atoms with Crippen molar-refractivity contribution in [1.29, 1.82) is 0 Å². The Balaban J connectivity index is 1.87. The Hall–Kier alpha value is -1.46. The molecule has 0 saturated heterocycles. The Kier molecular flexibility index (Phi) is 3.98. The van der Waals surface area contributed by atoms with Gasteiger partial charge in [-0.1, -0.05) is 35.9 Å². The van der Waals surface area contributed by atoms with E-state index >= 15 is 0 Å². The Bertz CT molecular complexity index is 693. The number of halogens is 1. The zero-order valence-electron chi connectivity index (χ0n) is 10.7. The SMILES string of the molecule is NNC(Cc1nc2ccccc2s1)c1cccc(Cl)c1. The number of hydrogen-bond acceptors (Lipinski definition) is 4. The predicted molar refractivity (Wildman–Crippen MR) is 84.8 cm³/mol. The number of para-hydroxylation sites is 1. The minimum atomic E-state index is 0.00858. The van der Waals surface area contributed by atoms with Gasteiger partial charge in [-0.25, -0.2) is 4.98 Å². The van der Waals surface area contributed by atoms with Crippen LogP contribution in [-0.4, -0.2) is 4.98 Å². The van der Waals surface area contributed by atoms with Crippen LogP contribution in [0.25, 0.3) is 10.2 Å². The molecule has 3 nitrogen and oxygen atoms in total. The lowest BCUT2D eigenvalue weighted by Crippen LogP contribution is -2.29. The number of nitrogens with zero attached hydrogens (tertiary/aromatic N) is 1. The van der Waals surface area contributed by atoms with Crippen LogP contribution in [-0.2, 0) is 6.42 Å². The molecule has 1 aromatic heterocycles. The Morgan fingerprint density at radius 1 is 1.20 bits per heavy atom. The predicted octanol–water partition coefficient (Wildman–Crippen LogP) is 3.70. The van der Waals surface area contributed by atoms with Crippen LogP contribution in [0.15, 0.2) is 48.5 Å². The molecule has 1 heterocycles. The molecule has 0 bridgehead atoms. The number of nitrogens with two attached hydrogens (primary N) is 1. The fourth-order valence-electron chi connectivity index (χ4n) is 2.18. The van der Waals surface area contributed by atoms with E-state index in [9.17, 15) is 0 Å². The number of nitrogens with one attached hydrogen (secondary N) is 1. The topological polar surface area (TPSA) is 50.9 Å². The zero-order valence-corrected chi connectivity index (χ0v) is 12.3. The summed E-state index contributed by atoms with van der Waals surface area (Å²) in [4.78, 5) is 4.64. The molecule has 3 aromatic rings. The van der Waals surface area contributed by atoms with Gasteiger partial charge < -0.3 is 0 Å². The zero-order chi connectivity index (χ0) is 13.9. The first kappa shape index (κ1) is 13.5. The molecule has 102 valence electrons. The van der Waals surface area contributed by atoms with E-state index < -0.39 is 0 Å². The number of hydrogen-bond donors (Lipinski definition) is 2. The van der Waals surface area contributed by atoms with Gasteiger partial charge in [-0.15, -0.1) is 11.3 Å². The highest BCUT2D eigenvalue weighted by Crippen LogP contribution is 2.26. The second-order valence-corrected chi connectivity index (χ2v) is 6.11. The number of fused-ring (bicyclic) bond motifs is 1. The second-order valence-electron chi connectivity index (χ2n) is 4.55. The fourth-order valence-corrected chi connectivity index (χ4v) is 3.39. The minimum absolute atomic E-state index is 0.00858. The van der Waals surface area contributed by atoms with Crippen molar-refractivity contribution < 1.29 is 0 Å². The molecule has 5 heteroatoms. The molecule has 20 heavy (non-hydrogen) atoms. The lowest BCUT2D eigenvalue weighted by Gasteiger charge is -2.15. The summed E-state index contributed by atoms with van der Waals surface area (Å²) in [5, 5.41) is 1.78. The summed E-state index contributed by atoms with van der Waals surface area (Å²) >= 11 is 7.73. The van der Waals surface area contributed by atoms with Crippen molar-refractivity contribution in [2.45, 2.75) is 12.5 Å². The third kappa shape index (κ3) is 2.83. The molecule has 0 saturated carbocycles. The van der Waals surface area contributed by atoms with Crippen LogP contribution in [0, 0.1) is 0 Å². The lowest BCUT2D eigenvalue weighted by atomic mass is 10.1. The van der Waals surface area contributed by atoms with Gasteiger partial charge in [0.1, 0.15) is 0 Å². The van der Waals surface area contributed by atoms with Crippen LogP contribution in [0.1, 0.15) is 16.6 Å². The lowest BCUT2D eigenvalue weighted by molar-refractivity contribution is 0.551. The van der Waals surface area contributed by atoms with E-state index in [1.807, 2.05) is 42.5 Å². The first-order valence-electron chi connectivity index (χ1n) is 6.32. The summed E-state index contributed by atoms with van der Waals surface area (Å²) in [7, 11) is 0. The third-order valence-electron chi connectivity index (χ3n) is 3.17. The van der Waals surface area contributed by atoms with Gasteiger partial charge in [0.05, 0.1) is 21.3 Å². The van der Waals surface area contributed by atoms with Crippen LogP contribution in [0.4, 0.5) is 0 Å².